The molecule has 40 heavy (non-hydrogen) atoms. The van der Waals surface area contributed by atoms with Gasteiger partial charge in [-0.3, -0.25) is 14.4 Å². The van der Waals surface area contributed by atoms with Gasteiger partial charge in [0.25, 0.3) is 11.8 Å². The Hall–Kier alpha value is -1.96. The highest BCUT2D eigenvalue weighted by molar-refractivity contribution is 6.01. The average molecular weight is 570 g/mol. The van der Waals surface area contributed by atoms with Crippen LogP contribution in [0.1, 0.15) is 168 Å². The number of hydrogen-bond acceptors (Lipinski definition) is 6. The fourth-order valence-corrected chi connectivity index (χ4v) is 4.50. The maximum Gasteiger partial charge on any atom is 0.333 e. The van der Waals surface area contributed by atoms with Crippen LogP contribution in [0.2, 0.25) is 0 Å². The van der Waals surface area contributed by atoms with E-state index in [1.165, 1.54) is 128 Å². The summed E-state index contributed by atoms with van der Waals surface area (Å²) >= 11 is 0. The highest BCUT2D eigenvalue weighted by Gasteiger charge is 2.32. The van der Waals surface area contributed by atoms with Crippen molar-refractivity contribution in [2.75, 3.05) is 13.2 Å². The van der Waals surface area contributed by atoms with Crippen LogP contribution < -0.4 is 0 Å². The maximum absolute atomic E-state index is 11.0. The summed E-state index contributed by atoms with van der Waals surface area (Å²) in [6.07, 6.45) is 27.4. The minimum Gasteiger partial charge on any atom is -0.481 e. The third-order valence-electron chi connectivity index (χ3n) is 7.03. The first-order valence-corrected chi connectivity index (χ1v) is 16.3. The van der Waals surface area contributed by atoms with Gasteiger partial charge in [0.1, 0.15) is 0 Å². The summed E-state index contributed by atoms with van der Waals surface area (Å²) in [5, 5.41) is 8.66. The SMILES string of the molecule is CCCCCCCCCCCCOCCCCCCCCCCCC.O=C(O)CCC(=O)ON1C(=O)CCC1=O. The Bertz CT molecular complexity index is 615. The van der Waals surface area contributed by atoms with E-state index in [4.69, 9.17) is 9.84 Å². The molecule has 0 atom stereocenters. The number of ether oxygens (including phenoxy) is 1. The fourth-order valence-electron chi connectivity index (χ4n) is 4.50. The predicted octanol–water partition coefficient (Wildman–Crippen LogP) is 8.30. The number of hydroxylamine groups is 2. The smallest absolute Gasteiger partial charge is 0.333 e. The van der Waals surface area contributed by atoms with Crippen LogP contribution in [0.15, 0.2) is 0 Å². The molecule has 0 bridgehead atoms. The molecule has 0 aromatic carbocycles. The molecular formula is C32H59NO7. The van der Waals surface area contributed by atoms with Gasteiger partial charge in [0.15, 0.2) is 0 Å². The second kappa shape index (κ2) is 28.6. The lowest BCUT2D eigenvalue weighted by Gasteiger charge is -2.11. The number of carbonyl (C=O) groups excluding carboxylic acids is 3. The number of carboxylic acid groups (broad SMARTS) is 1. The van der Waals surface area contributed by atoms with Crippen molar-refractivity contribution in [3.63, 3.8) is 0 Å². The van der Waals surface area contributed by atoms with Gasteiger partial charge in [0.05, 0.1) is 12.8 Å². The number of carbonyl (C=O) groups is 4. The van der Waals surface area contributed by atoms with Crippen molar-refractivity contribution in [3.8, 4) is 0 Å². The molecule has 0 aromatic rings. The standard InChI is InChI=1S/C24H50O.C8H9NO6/c1-3-5-7-9-11-13-15-17-19-21-23-25-24-22-20-18-16-14-12-10-8-6-4-2;10-5-1-2-6(11)9(5)15-8(14)4-3-7(12)13/h3-24H2,1-2H3;1-4H2,(H,12,13). The Balaban J connectivity index is 0.000000858. The van der Waals surface area contributed by atoms with Gasteiger partial charge in [-0.1, -0.05) is 129 Å². The van der Waals surface area contributed by atoms with Gasteiger partial charge in [0.2, 0.25) is 0 Å². The van der Waals surface area contributed by atoms with Crippen molar-refractivity contribution in [2.24, 2.45) is 0 Å². The monoisotopic (exact) mass is 569 g/mol. The molecule has 1 N–H and O–H groups in total. The van der Waals surface area contributed by atoms with Crippen molar-refractivity contribution in [3.05, 3.63) is 0 Å². The van der Waals surface area contributed by atoms with Crippen molar-refractivity contribution >= 4 is 23.8 Å². The lowest BCUT2D eigenvalue weighted by Crippen LogP contribution is -2.32. The average Bonchev–Trinajstić information content (AvgIpc) is 3.25. The number of nitrogens with zero attached hydrogens (tertiary/aromatic N) is 1. The lowest BCUT2D eigenvalue weighted by molar-refractivity contribution is -0.197. The van der Waals surface area contributed by atoms with E-state index >= 15 is 0 Å². The molecular weight excluding hydrogens is 510 g/mol. The van der Waals surface area contributed by atoms with Crippen molar-refractivity contribution in [2.45, 2.75) is 168 Å². The molecule has 1 heterocycles. The first-order chi connectivity index (χ1) is 19.4. The highest BCUT2D eigenvalue weighted by atomic mass is 16.7. The van der Waals surface area contributed by atoms with Crippen molar-refractivity contribution in [1.82, 2.24) is 5.06 Å². The Morgan fingerprint density at radius 1 is 0.600 bits per heavy atom. The summed E-state index contributed by atoms with van der Waals surface area (Å²) in [5.41, 5.74) is 0. The Kier molecular flexibility index (Phi) is 27.2. The minimum atomic E-state index is -1.15. The molecule has 0 radical (unpaired) electrons. The van der Waals surface area contributed by atoms with Crippen LogP contribution in [0.4, 0.5) is 0 Å². The zero-order valence-electron chi connectivity index (χ0n) is 25.7. The van der Waals surface area contributed by atoms with Gasteiger partial charge >= 0.3 is 11.9 Å². The van der Waals surface area contributed by atoms with Gasteiger partial charge in [-0.15, -0.1) is 5.06 Å². The first-order valence-electron chi connectivity index (χ1n) is 16.3. The van der Waals surface area contributed by atoms with Crippen molar-refractivity contribution < 1.29 is 33.9 Å². The van der Waals surface area contributed by atoms with Gasteiger partial charge in [-0.05, 0) is 12.8 Å². The van der Waals surface area contributed by atoms with Crippen LogP contribution in [0, 0.1) is 0 Å². The van der Waals surface area contributed by atoms with E-state index in [2.05, 4.69) is 18.7 Å². The number of hydrogen-bond donors (Lipinski definition) is 1. The zero-order valence-corrected chi connectivity index (χ0v) is 25.7. The van der Waals surface area contributed by atoms with E-state index in [9.17, 15) is 19.2 Å². The summed E-state index contributed by atoms with van der Waals surface area (Å²) in [7, 11) is 0. The van der Waals surface area contributed by atoms with Crippen LogP contribution in [0.3, 0.4) is 0 Å². The summed E-state index contributed by atoms with van der Waals surface area (Å²) in [4.78, 5) is 47.4. The molecule has 0 aromatic heterocycles. The van der Waals surface area contributed by atoms with E-state index in [0.717, 1.165) is 13.2 Å². The molecule has 8 heteroatoms. The van der Waals surface area contributed by atoms with Crippen LogP contribution in [-0.4, -0.2) is 47.1 Å². The number of imide groups is 1. The molecule has 0 saturated carbocycles. The molecule has 234 valence electrons. The van der Waals surface area contributed by atoms with Gasteiger partial charge in [-0.25, -0.2) is 4.79 Å². The van der Waals surface area contributed by atoms with Gasteiger partial charge in [0, 0.05) is 26.1 Å². The summed E-state index contributed by atoms with van der Waals surface area (Å²) in [6.45, 7) is 6.57. The van der Waals surface area contributed by atoms with Gasteiger partial charge < -0.3 is 14.7 Å². The molecule has 0 unspecified atom stereocenters. The third-order valence-corrected chi connectivity index (χ3v) is 7.03. The molecule has 1 saturated heterocycles. The molecule has 1 rings (SSSR count). The van der Waals surface area contributed by atoms with E-state index < -0.39 is 30.2 Å². The van der Waals surface area contributed by atoms with Crippen LogP contribution in [-0.2, 0) is 28.8 Å². The Morgan fingerprint density at radius 3 is 1.30 bits per heavy atom. The number of aliphatic carboxylic acids is 1. The third kappa shape index (κ3) is 25.0. The molecule has 0 aliphatic carbocycles. The maximum atomic E-state index is 11.0. The van der Waals surface area contributed by atoms with E-state index in [1.54, 1.807) is 0 Å². The Labute approximate surface area is 243 Å². The lowest BCUT2D eigenvalue weighted by atomic mass is 10.1. The van der Waals surface area contributed by atoms with E-state index in [-0.39, 0.29) is 19.3 Å². The highest BCUT2D eigenvalue weighted by Crippen LogP contribution is 2.13. The van der Waals surface area contributed by atoms with Crippen molar-refractivity contribution in [1.29, 1.82) is 0 Å². The number of unbranched alkanes of at least 4 members (excludes halogenated alkanes) is 18. The summed E-state index contributed by atoms with van der Waals surface area (Å²) < 4.78 is 5.78. The quantitative estimate of drug-likeness (QED) is 0.0824. The molecule has 1 fully saturated rings. The predicted molar refractivity (Wildman–Crippen MR) is 159 cm³/mol. The zero-order chi connectivity index (χ0) is 29.7. The Morgan fingerprint density at radius 2 is 0.950 bits per heavy atom. The number of carboxylic acids is 1. The van der Waals surface area contributed by atoms with Crippen LogP contribution >= 0.6 is 0 Å². The molecule has 2 amide bonds. The van der Waals surface area contributed by atoms with Gasteiger partial charge in [-0.2, -0.15) is 0 Å². The topological polar surface area (TPSA) is 110 Å². The minimum absolute atomic E-state index is 0.0189. The van der Waals surface area contributed by atoms with Crippen LogP contribution in [0.25, 0.3) is 0 Å². The molecule has 1 aliphatic rings. The summed E-state index contributed by atoms with van der Waals surface area (Å²) in [5.74, 6) is -3.21. The van der Waals surface area contributed by atoms with Crippen LogP contribution in [0.5, 0.6) is 0 Å². The first kappa shape index (κ1) is 38.0. The molecule has 8 nitrogen and oxygen atoms in total. The molecule has 0 spiro atoms. The summed E-state index contributed by atoms with van der Waals surface area (Å²) in [6, 6.07) is 0. The second-order valence-corrected chi connectivity index (χ2v) is 10.9. The fraction of sp³-hybridized carbons (Fsp3) is 0.875. The number of rotatable bonds is 26. The van der Waals surface area contributed by atoms with E-state index in [1.807, 2.05) is 0 Å². The molecule has 1 aliphatic heterocycles. The number of amides is 2. The normalized spacial score (nSPS) is 12.9. The second-order valence-electron chi connectivity index (χ2n) is 10.9. The van der Waals surface area contributed by atoms with E-state index in [0.29, 0.717) is 5.06 Å². The largest absolute Gasteiger partial charge is 0.481 e.